The number of carbonyl (C=O) groups excluding carboxylic acids is 1. The highest BCUT2D eigenvalue weighted by Crippen LogP contribution is 2.10. The quantitative estimate of drug-likeness (QED) is 0.208. The molecule has 21 heavy (non-hydrogen) atoms. The first-order valence-corrected chi connectivity index (χ1v) is 8.51. The Labute approximate surface area is 131 Å². The molecule has 2 nitrogen and oxygen atoms in total. The third-order valence-corrected chi connectivity index (χ3v) is 3.42. The minimum Gasteiger partial charge on any atom is -0.466 e. The van der Waals surface area contributed by atoms with Crippen molar-refractivity contribution in [2.75, 3.05) is 7.11 Å². The highest BCUT2D eigenvalue weighted by atomic mass is 16.5. The fraction of sp³-hybridized carbons (Fsp3) is 0.737. The van der Waals surface area contributed by atoms with Gasteiger partial charge in [0.2, 0.25) is 0 Å². The number of hydrogen-bond acceptors (Lipinski definition) is 2. The topological polar surface area (TPSA) is 26.3 Å². The standard InChI is InChI=1S/C19H32O2/c1-3-4-5-6-7-8-9-10-11-12-13-14-15-16-17-18-19(20)21-2/h17-18H,3-12,15-16H2,1-2H3. The van der Waals surface area contributed by atoms with E-state index in [0.29, 0.717) is 0 Å². The van der Waals surface area contributed by atoms with Crippen molar-refractivity contribution in [1.82, 2.24) is 0 Å². The number of methoxy groups -OCH3 is 1. The fourth-order valence-corrected chi connectivity index (χ4v) is 2.10. The second-order valence-corrected chi connectivity index (χ2v) is 5.40. The summed E-state index contributed by atoms with van der Waals surface area (Å²) in [7, 11) is 1.39. The first-order chi connectivity index (χ1) is 10.3. The van der Waals surface area contributed by atoms with Gasteiger partial charge >= 0.3 is 5.97 Å². The zero-order valence-electron chi connectivity index (χ0n) is 14.0. The van der Waals surface area contributed by atoms with Gasteiger partial charge in [-0.05, 0) is 12.8 Å². The molecule has 0 saturated heterocycles. The van der Waals surface area contributed by atoms with Crippen LogP contribution in [-0.2, 0) is 9.53 Å². The lowest BCUT2D eigenvalue weighted by Gasteiger charge is -2.00. The van der Waals surface area contributed by atoms with E-state index in [9.17, 15) is 4.79 Å². The van der Waals surface area contributed by atoms with E-state index in [0.717, 1.165) is 19.3 Å². The van der Waals surface area contributed by atoms with E-state index in [1.807, 2.05) is 6.08 Å². The summed E-state index contributed by atoms with van der Waals surface area (Å²) >= 11 is 0. The van der Waals surface area contributed by atoms with E-state index in [4.69, 9.17) is 0 Å². The summed E-state index contributed by atoms with van der Waals surface area (Å²) in [6.07, 6.45) is 18.2. The van der Waals surface area contributed by atoms with Gasteiger partial charge in [0.15, 0.2) is 0 Å². The molecule has 0 amide bonds. The third kappa shape index (κ3) is 16.7. The summed E-state index contributed by atoms with van der Waals surface area (Å²) in [4.78, 5) is 10.8. The summed E-state index contributed by atoms with van der Waals surface area (Å²) in [5.74, 6) is 6.06. The van der Waals surface area contributed by atoms with Crippen LogP contribution in [0.5, 0.6) is 0 Å². The molecule has 0 radical (unpaired) electrons. The Kier molecular flexibility index (Phi) is 15.8. The summed E-state index contributed by atoms with van der Waals surface area (Å²) in [5, 5.41) is 0. The summed E-state index contributed by atoms with van der Waals surface area (Å²) in [6, 6.07) is 0. The van der Waals surface area contributed by atoms with E-state index in [1.165, 1.54) is 71.0 Å². The Morgan fingerprint density at radius 3 is 2.10 bits per heavy atom. The van der Waals surface area contributed by atoms with Crippen LogP contribution in [0, 0.1) is 11.8 Å². The summed E-state index contributed by atoms with van der Waals surface area (Å²) in [6.45, 7) is 2.26. The van der Waals surface area contributed by atoms with Crippen molar-refractivity contribution in [1.29, 1.82) is 0 Å². The van der Waals surface area contributed by atoms with Crippen LogP contribution in [0.4, 0.5) is 0 Å². The average Bonchev–Trinajstić information content (AvgIpc) is 2.50. The van der Waals surface area contributed by atoms with Crippen molar-refractivity contribution in [3.8, 4) is 11.8 Å². The van der Waals surface area contributed by atoms with Gasteiger partial charge in [0.05, 0.1) is 7.11 Å². The molecule has 0 atom stereocenters. The number of hydrogen-bond donors (Lipinski definition) is 0. The maximum atomic E-state index is 10.8. The highest BCUT2D eigenvalue weighted by Gasteiger charge is 1.91. The van der Waals surface area contributed by atoms with E-state index < -0.39 is 0 Å². The van der Waals surface area contributed by atoms with E-state index in [1.54, 1.807) is 0 Å². The molecule has 120 valence electrons. The minimum atomic E-state index is -0.294. The first-order valence-electron chi connectivity index (χ1n) is 8.51. The zero-order chi connectivity index (χ0) is 15.6. The highest BCUT2D eigenvalue weighted by molar-refractivity contribution is 5.81. The number of ether oxygens (including phenoxy) is 1. The molecular formula is C19H32O2. The van der Waals surface area contributed by atoms with E-state index >= 15 is 0 Å². The molecule has 0 bridgehead atoms. The van der Waals surface area contributed by atoms with Gasteiger partial charge in [-0.25, -0.2) is 4.79 Å². The number of rotatable bonds is 12. The van der Waals surface area contributed by atoms with Gasteiger partial charge in [-0.1, -0.05) is 64.4 Å². The van der Waals surface area contributed by atoms with E-state index in [-0.39, 0.29) is 5.97 Å². The second-order valence-electron chi connectivity index (χ2n) is 5.40. The van der Waals surface area contributed by atoms with Crippen LogP contribution in [0.3, 0.4) is 0 Å². The molecule has 0 rings (SSSR count). The molecule has 0 N–H and O–H groups in total. The Morgan fingerprint density at radius 1 is 0.905 bits per heavy atom. The summed E-state index contributed by atoms with van der Waals surface area (Å²) < 4.78 is 4.51. The second kappa shape index (κ2) is 16.8. The Morgan fingerprint density at radius 2 is 1.48 bits per heavy atom. The molecular weight excluding hydrogens is 260 g/mol. The number of allylic oxidation sites excluding steroid dienone is 1. The lowest BCUT2D eigenvalue weighted by Crippen LogP contribution is -1.93. The van der Waals surface area contributed by atoms with Gasteiger partial charge in [0, 0.05) is 18.9 Å². The smallest absolute Gasteiger partial charge is 0.330 e. The van der Waals surface area contributed by atoms with Crippen LogP contribution in [0.25, 0.3) is 0 Å². The maximum Gasteiger partial charge on any atom is 0.330 e. The predicted octanol–water partition coefficient (Wildman–Crippen LogP) is 5.42. The Bertz CT molecular complexity index is 320. The molecule has 0 unspecified atom stereocenters. The van der Waals surface area contributed by atoms with Gasteiger partial charge in [-0.3, -0.25) is 0 Å². The molecule has 0 aliphatic rings. The minimum absolute atomic E-state index is 0.294. The molecule has 2 heteroatoms. The lowest BCUT2D eigenvalue weighted by atomic mass is 10.1. The molecule has 0 spiro atoms. The lowest BCUT2D eigenvalue weighted by molar-refractivity contribution is -0.134. The van der Waals surface area contributed by atoms with Crippen LogP contribution < -0.4 is 0 Å². The molecule has 0 heterocycles. The molecule has 0 aromatic rings. The molecule has 0 aliphatic heterocycles. The van der Waals surface area contributed by atoms with E-state index in [2.05, 4.69) is 23.5 Å². The van der Waals surface area contributed by atoms with Crippen LogP contribution >= 0.6 is 0 Å². The number of esters is 1. The van der Waals surface area contributed by atoms with Crippen molar-refractivity contribution in [3.05, 3.63) is 12.2 Å². The first kappa shape index (κ1) is 19.8. The molecule has 0 saturated carbocycles. The van der Waals surface area contributed by atoms with Crippen molar-refractivity contribution in [2.45, 2.75) is 84.0 Å². The van der Waals surface area contributed by atoms with Crippen molar-refractivity contribution >= 4 is 5.97 Å². The molecule has 0 fully saturated rings. The van der Waals surface area contributed by atoms with Gasteiger partial charge in [0.1, 0.15) is 0 Å². The van der Waals surface area contributed by atoms with Crippen molar-refractivity contribution < 1.29 is 9.53 Å². The van der Waals surface area contributed by atoms with Crippen LogP contribution in [-0.4, -0.2) is 13.1 Å². The molecule has 0 aromatic carbocycles. The fourth-order valence-electron chi connectivity index (χ4n) is 2.10. The monoisotopic (exact) mass is 292 g/mol. The normalized spacial score (nSPS) is 10.4. The zero-order valence-corrected chi connectivity index (χ0v) is 14.0. The molecule has 0 aliphatic carbocycles. The van der Waals surface area contributed by atoms with Crippen LogP contribution in [0.15, 0.2) is 12.2 Å². The number of unbranched alkanes of at least 4 members (excludes halogenated alkanes) is 10. The van der Waals surface area contributed by atoms with Gasteiger partial charge in [0.25, 0.3) is 0 Å². The van der Waals surface area contributed by atoms with Gasteiger partial charge in [-0.2, -0.15) is 0 Å². The number of carbonyl (C=O) groups is 1. The van der Waals surface area contributed by atoms with Crippen LogP contribution in [0.2, 0.25) is 0 Å². The Hall–Kier alpha value is -1.23. The Balaban J connectivity index is 3.23. The van der Waals surface area contributed by atoms with Gasteiger partial charge in [-0.15, -0.1) is 11.8 Å². The maximum absolute atomic E-state index is 10.8. The third-order valence-electron chi connectivity index (χ3n) is 3.42. The van der Waals surface area contributed by atoms with Crippen LogP contribution in [0.1, 0.15) is 84.0 Å². The molecule has 0 aromatic heterocycles. The predicted molar refractivity (Wildman–Crippen MR) is 90.0 cm³/mol. The van der Waals surface area contributed by atoms with Crippen molar-refractivity contribution in [3.63, 3.8) is 0 Å². The average molecular weight is 292 g/mol. The largest absolute Gasteiger partial charge is 0.466 e. The van der Waals surface area contributed by atoms with Crippen molar-refractivity contribution in [2.24, 2.45) is 0 Å². The van der Waals surface area contributed by atoms with Gasteiger partial charge < -0.3 is 4.74 Å². The summed E-state index contributed by atoms with van der Waals surface area (Å²) in [5.41, 5.74) is 0. The SMILES string of the molecule is CCCCCCCCCCCC#CCCC=CC(=O)OC.